The highest BCUT2D eigenvalue weighted by molar-refractivity contribution is 7.90. The largest absolute Gasteiger partial charge is 0.493 e. The number of thiazole rings is 1. The molecule has 11 heteroatoms. The Morgan fingerprint density at radius 2 is 1.76 bits per heavy atom. The van der Waals surface area contributed by atoms with Gasteiger partial charge in [0.15, 0.2) is 11.5 Å². The molecule has 0 saturated carbocycles. The van der Waals surface area contributed by atoms with E-state index in [0.29, 0.717) is 33.5 Å². The molecule has 3 heterocycles. The molecule has 3 aromatic heterocycles. The van der Waals surface area contributed by atoms with Crippen LogP contribution in [0.25, 0.3) is 22.0 Å². The molecule has 4 aromatic rings. The van der Waals surface area contributed by atoms with Gasteiger partial charge in [-0.05, 0) is 29.8 Å². The number of ether oxygens (including phenoxy) is 2. The summed E-state index contributed by atoms with van der Waals surface area (Å²) in [5.41, 5.74) is 1.95. The van der Waals surface area contributed by atoms with Crippen molar-refractivity contribution in [3.63, 3.8) is 0 Å². The van der Waals surface area contributed by atoms with Crippen molar-refractivity contribution in [3.8, 4) is 33.5 Å². The maximum Gasteiger partial charge on any atom is 0.250 e. The van der Waals surface area contributed by atoms with Crippen molar-refractivity contribution in [2.45, 2.75) is 11.7 Å². The summed E-state index contributed by atoms with van der Waals surface area (Å²) in [6.45, 7) is 0.274. The molecule has 0 aliphatic carbocycles. The van der Waals surface area contributed by atoms with E-state index in [1.165, 1.54) is 22.0 Å². The highest BCUT2D eigenvalue weighted by Crippen LogP contribution is 2.28. The van der Waals surface area contributed by atoms with Gasteiger partial charge < -0.3 is 14.0 Å². The fourth-order valence-electron chi connectivity index (χ4n) is 3.18. The molecule has 0 fully saturated rings. The highest BCUT2D eigenvalue weighted by Gasteiger charge is 2.17. The Hall–Kier alpha value is -3.57. The number of nitrogens with zero attached hydrogens (tertiary/aromatic N) is 4. The van der Waals surface area contributed by atoms with E-state index in [1.54, 1.807) is 56.3 Å². The van der Waals surface area contributed by atoms with Crippen molar-refractivity contribution in [1.29, 1.82) is 0 Å². The van der Waals surface area contributed by atoms with Gasteiger partial charge in [-0.2, -0.15) is 0 Å². The lowest BCUT2D eigenvalue weighted by Gasteiger charge is -2.12. The first-order valence-corrected chi connectivity index (χ1v) is 12.5. The van der Waals surface area contributed by atoms with Crippen LogP contribution < -0.4 is 15.0 Å². The summed E-state index contributed by atoms with van der Waals surface area (Å²) in [5.74, 6) is 1.15. The predicted molar refractivity (Wildman–Crippen MR) is 125 cm³/mol. The third-order valence-electron chi connectivity index (χ3n) is 4.77. The molecule has 0 aliphatic rings. The summed E-state index contributed by atoms with van der Waals surface area (Å²) >= 11 is 1.34. The Bertz CT molecular complexity index is 1460. The van der Waals surface area contributed by atoms with Crippen molar-refractivity contribution in [2.75, 3.05) is 20.5 Å². The maximum absolute atomic E-state index is 12.5. The van der Waals surface area contributed by atoms with Gasteiger partial charge in [-0.3, -0.25) is 4.79 Å². The third-order valence-corrected chi connectivity index (χ3v) is 6.41. The van der Waals surface area contributed by atoms with Gasteiger partial charge in [0.1, 0.15) is 10.7 Å². The number of sulfone groups is 1. The second kappa shape index (κ2) is 9.12. The van der Waals surface area contributed by atoms with Crippen molar-refractivity contribution < 1.29 is 17.9 Å². The number of hydrogen-bond acceptors (Lipinski definition) is 9. The Balaban J connectivity index is 1.78. The summed E-state index contributed by atoms with van der Waals surface area (Å²) in [4.78, 5) is 25.2. The van der Waals surface area contributed by atoms with Crippen molar-refractivity contribution in [2.24, 2.45) is 0 Å². The summed E-state index contributed by atoms with van der Waals surface area (Å²) in [6.07, 6.45) is 4.31. The minimum atomic E-state index is -3.67. The molecule has 33 heavy (non-hydrogen) atoms. The molecule has 0 saturated heterocycles. The Labute approximate surface area is 194 Å². The Kier molecular flexibility index (Phi) is 6.25. The van der Waals surface area contributed by atoms with Crippen LogP contribution in [0.15, 0.2) is 64.1 Å². The summed E-state index contributed by atoms with van der Waals surface area (Å²) in [7, 11) is -0.570. The Morgan fingerprint density at radius 3 is 2.42 bits per heavy atom. The van der Waals surface area contributed by atoms with Crippen LogP contribution in [0.1, 0.15) is 5.56 Å². The van der Waals surface area contributed by atoms with Crippen LogP contribution >= 0.6 is 11.3 Å². The number of methoxy groups -OCH3 is 2. The predicted octanol–water partition coefficient (Wildman–Crippen LogP) is 2.90. The average molecular weight is 485 g/mol. The molecule has 0 aliphatic heterocycles. The van der Waals surface area contributed by atoms with Crippen LogP contribution in [0.3, 0.4) is 0 Å². The van der Waals surface area contributed by atoms with Gasteiger partial charge in [-0.15, -0.1) is 11.3 Å². The van der Waals surface area contributed by atoms with Gasteiger partial charge in [0, 0.05) is 35.7 Å². The molecule has 0 bridgehead atoms. The van der Waals surface area contributed by atoms with Crippen LogP contribution in [0.4, 0.5) is 0 Å². The van der Waals surface area contributed by atoms with Gasteiger partial charge in [0.05, 0.1) is 26.5 Å². The van der Waals surface area contributed by atoms with Crippen LogP contribution in [0, 0.1) is 0 Å². The van der Waals surface area contributed by atoms with E-state index in [9.17, 15) is 13.2 Å². The van der Waals surface area contributed by atoms with Crippen LogP contribution in [0.5, 0.6) is 11.5 Å². The number of rotatable bonds is 7. The van der Waals surface area contributed by atoms with Gasteiger partial charge in [-0.25, -0.2) is 23.4 Å². The van der Waals surface area contributed by atoms with E-state index in [1.807, 2.05) is 6.07 Å². The quantitative estimate of drug-likeness (QED) is 0.368. The van der Waals surface area contributed by atoms with Crippen LogP contribution in [-0.2, 0) is 16.4 Å². The second-order valence-corrected chi connectivity index (χ2v) is 9.91. The number of pyridine rings is 1. The van der Waals surface area contributed by atoms with Crippen LogP contribution in [0.2, 0.25) is 0 Å². The fourth-order valence-corrected chi connectivity index (χ4v) is 4.31. The second-order valence-electron chi connectivity index (χ2n) is 7.10. The zero-order valence-electron chi connectivity index (χ0n) is 18.0. The molecule has 0 amide bonds. The van der Waals surface area contributed by atoms with E-state index in [-0.39, 0.29) is 17.3 Å². The molecule has 0 unspecified atom stereocenters. The van der Waals surface area contributed by atoms with Crippen molar-refractivity contribution in [3.05, 3.63) is 70.1 Å². The van der Waals surface area contributed by atoms with E-state index in [4.69, 9.17) is 9.47 Å². The van der Waals surface area contributed by atoms with Crippen LogP contribution in [-0.4, -0.2) is 48.4 Å². The molecule has 0 atom stereocenters. The summed E-state index contributed by atoms with van der Waals surface area (Å²) in [6, 6.07) is 10.1. The smallest absolute Gasteiger partial charge is 0.250 e. The monoisotopic (exact) mass is 484 g/mol. The molecule has 0 N–H and O–H groups in total. The lowest BCUT2D eigenvalue weighted by Crippen LogP contribution is -2.19. The van der Waals surface area contributed by atoms with E-state index in [2.05, 4.69) is 15.0 Å². The molecule has 1 aromatic carbocycles. The fraction of sp³-hybridized carbons (Fsp3) is 0.182. The molecule has 0 radical (unpaired) electrons. The zero-order chi connectivity index (χ0) is 23.6. The average Bonchev–Trinajstić information content (AvgIpc) is 3.34. The van der Waals surface area contributed by atoms with E-state index in [0.717, 1.165) is 11.8 Å². The SMILES string of the molecule is COc1ccc(Cn2cc(-c3cc(-c4nccs4)nc(S(C)(=O)=O)n3)ccc2=O)cc1OC. The van der Waals surface area contributed by atoms with Gasteiger partial charge in [0.25, 0.3) is 5.56 Å². The molecular formula is C22H20N4O5S2. The van der Waals surface area contributed by atoms with E-state index < -0.39 is 9.84 Å². The number of benzene rings is 1. The molecule has 4 rings (SSSR count). The molecule has 9 nitrogen and oxygen atoms in total. The Morgan fingerprint density at radius 1 is 1.00 bits per heavy atom. The topological polar surface area (TPSA) is 113 Å². The first-order chi connectivity index (χ1) is 15.8. The highest BCUT2D eigenvalue weighted by atomic mass is 32.2. The number of hydrogen-bond donors (Lipinski definition) is 0. The summed E-state index contributed by atoms with van der Waals surface area (Å²) < 4.78 is 36.5. The minimum absolute atomic E-state index is 0.217. The number of aromatic nitrogens is 4. The zero-order valence-corrected chi connectivity index (χ0v) is 19.7. The lowest BCUT2D eigenvalue weighted by atomic mass is 10.1. The van der Waals surface area contributed by atoms with Crippen molar-refractivity contribution >= 4 is 21.2 Å². The first kappa shape index (κ1) is 22.6. The van der Waals surface area contributed by atoms with Gasteiger partial charge >= 0.3 is 0 Å². The first-order valence-electron chi connectivity index (χ1n) is 9.69. The normalized spacial score (nSPS) is 11.4. The minimum Gasteiger partial charge on any atom is -0.493 e. The standard InChI is InChI=1S/C22H20N4O5S2/c1-30-18-6-4-14(10-19(18)31-2)12-26-13-15(5-7-20(26)27)16-11-17(21-23-8-9-32-21)25-22(24-16)33(3,28)29/h4-11,13H,12H2,1-3H3. The van der Waals surface area contributed by atoms with Crippen molar-refractivity contribution in [1.82, 2.24) is 19.5 Å². The lowest BCUT2D eigenvalue weighted by molar-refractivity contribution is 0.354. The molecule has 0 spiro atoms. The maximum atomic E-state index is 12.5. The third kappa shape index (κ3) is 4.94. The molecular weight excluding hydrogens is 464 g/mol. The van der Waals surface area contributed by atoms with E-state index >= 15 is 0 Å². The van der Waals surface area contributed by atoms with Gasteiger partial charge in [0.2, 0.25) is 15.0 Å². The summed E-state index contributed by atoms with van der Waals surface area (Å²) in [5, 5.41) is 2.05. The molecule has 170 valence electrons. The van der Waals surface area contributed by atoms with Gasteiger partial charge in [-0.1, -0.05) is 6.07 Å².